The van der Waals surface area contributed by atoms with E-state index in [1.54, 1.807) is 43.3 Å². The highest BCUT2D eigenvalue weighted by atomic mass is 35.5. The molecule has 0 aromatic heterocycles. The molecule has 7 heteroatoms. The van der Waals surface area contributed by atoms with Gasteiger partial charge in [-0.05, 0) is 19.1 Å². The normalized spacial score (nSPS) is 11.5. The number of hydrogen-bond acceptors (Lipinski definition) is 4. The highest BCUT2D eigenvalue weighted by Gasteiger charge is 2.17. The molecule has 0 aliphatic heterocycles. The molecule has 0 bridgehead atoms. The first-order chi connectivity index (χ1) is 11.4. The van der Waals surface area contributed by atoms with Crippen molar-refractivity contribution in [1.82, 2.24) is 0 Å². The fourth-order valence-corrected chi connectivity index (χ4v) is 2.26. The second kappa shape index (κ2) is 8.13. The Bertz CT molecular complexity index is 714. The van der Waals surface area contributed by atoms with Gasteiger partial charge in [-0.3, -0.25) is 4.79 Å². The minimum absolute atomic E-state index is 0.343. The van der Waals surface area contributed by atoms with Crippen LogP contribution in [0.1, 0.15) is 6.92 Å². The minimum atomic E-state index is -0.779. The summed E-state index contributed by atoms with van der Waals surface area (Å²) in [5, 5.41) is 3.59. The van der Waals surface area contributed by atoms with Crippen LogP contribution in [0.5, 0.6) is 17.2 Å². The van der Waals surface area contributed by atoms with E-state index < -0.39 is 6.10 Å². The monoisotopic (exact) mass is 369 g/mol. The summed E-state index contributed by atoms with van der Waals surface area (Å²) in [4.78, 5) is 12.3. The summed E-state index contributed by atoms with van der Waals surface area (Å²) < 4.78 is 15.9. The van der Waals surface area contributed by atoms with Crippen LogP contribution in [0.4, 0.5) is 5.69 Å². The lowest BCUT2D eigenvalue weighted by Gasteiger charge is -2.16. The van der Waals surface area contributed by atoms with Gasteiger partial charge in [-0.15, -0.1) is 0 Å². The number of anilines is 1. The topological polar surface area (TPSA) is 56.8 Å². The summed E-state index contributed by atoms with van der Waals surface area (Å²) in [6.45, 7) is 1.62. The molecule has 0 saturated carbocycles. The molecule has 24 heavy (non-hydrogen) atoms. The maximum absolute atomic E-state index is 12.3. The Morgan fingerprint density at radius 3 is 2.25 bits per heavy atom. The molecule has 2 aromatic carbocycles. The predicted molar refractivity (Wildman–Crippen MR) is 94.7 cm³/mol. The van der Waals surface area contributed by atoms with Gasteiger partial charge in [0.05, 0.1) is 19.2 Å². The zero-order valence-corrected chi connectivity index (χ0v) is 14.9. The van der Waals surface area contributed by atoms with E-state index in [4.69, 9.17) is 37.4 Å². The van der Waals surface area contributed by atoms with Gasteiger partial charge in [0.15, 0.2) is 6.10 Å². The first kappa shape index (κ1) is 18.2. The first-order valence-corrected chi connectivity index (χ1v) is 7.84. The summed E-state index contributed by atoms with van der Waals surface area (Å²) in [7, 11) is 3.07. The quantitative estimate of drug-likeness (QED) is 0.818. The molecule has 128 valence electrons. The van der Waals surface area contributed by atoms with Crippen LogP contribution in [0.25, 0.3) is 0 Å². The molecule has 1 amide bonds. The van der Waals surface area contributed by atoms with Crippen LogP contribution in [-0.4, -0.2) is 26.2 Å². The molecule has 1 atom stereocenters. The van der Waals surface area contributed by atoms with Crippen LogP contribution in [0.15, 0.2) is 36.4 Å². The third-order valence-electron chi connectivity index (χ3n) is 3.19. The van der Waals surface area contributed by atoms with E-state index in [-0.39, 0.29) is 5.91 Å². The standard InChI is InChI=1S/C17H17Cl2NO4/c1-10(24-16-6-11(18)4-5-15(16)19)17(21)20-12-7-13(22-2)9-14(8-12)23-3/h4-10H,1-3H3,(H,20,21). The second-order valence-electron chi connectivity index (χ2n) is 4.93. The van der Waals surface area contributed by atoms with Crippen molar-refractivity contribution < 1.29 is 19.0 Å². The van der Waals surface area contributed by atoms with Crippen LogP contribution in [0.3, 0.4) is 0 Å². The lowest BCUT2D eigenvalue weighted by Crippen LogP contribution is -2.30. The molecular formula is C17H17Cl2NO4. The van der Waals surface area contributed by atoms with Crippen molar-refractivity contribution >= 4 is 34.8 Å². The van der Waals surface area contributed by atoms with Gasteiger partial charge in [0.1, 0.15) is 17.2 Å². The average Bonchev–Trinajstić information content (AvgIpc) is 2.57. The number of rotatable bonds is 6. The van der Waals surface area contributed by atoms with E-state index in [0.29, 0.717) is 33.0 Å². The van der Waals surface area contributed by atoms with Crippen LogP contribution in [0.2, 0.25) is 10.0 Å². The van der Waals surface area contributed by atoms with Gasteiger partial charge in [-0.1, -0.05) is 23.2 Å². The van der Waals surface area contributed by atoms with E-state index in [9.17, 15) is 4.79 Å². The Morgan fingerprint density at radius 2 is 1.67 bits per heavy atom. The van der Waals surface area contributed by atoms with Crippen molar-refractivity contribution in [3.05, 3.63) is 46.4 Å². The number of hydrogen-bond donors (Lipinski definition) is 1. The maximum atomic E-state index is 12.3. The molecule has 0 aliphatic carbocycles. The van der Waals surface area contributed by atoms with Gasteiger partial charge in [-0.25, -0.2) is 0 Å². The number of halogens is 2. The summed E-state index contributed by atoms with van der Waals surface area (Å²) in [6.07, 6.45) is -0.779. The molecule has 2 aromatic rings. The van der Waals surface area contributed by atoms with Gasteiger partial charge in [0, 0.05) is 35.0 Å². The third kappa shape index (κ3) is 4.69. The lowest BCUT2D eigenvalue weighted by molar-refractivity contribution is -0.122. The maximum Gasteiger partial charge on any atom is 0.265 e. The third-order valence-corrected chi connectivity index (χ3v) is 3.73. The predicted octanol–water partition coefficient (Wildman–Crippen LogP) is 4.42. The van der Waals surface area contributed by atoms with E-state index in [1.807, 2.05) is 0 Å². The smallest absolute Gasteiger partial charge is 0.265 e. The molecular weight excluding hydrogens is 353 g/mol. The number of benzene rings is 2. The lowest BCUT2D eigenvalue weighted by atomic mass is 10.2. The molecule has 0 fully saturated rings. The Labute approximate surface area is 150 Å². The number of nitrogens with one attached hydrogen (secondary N) is 1. The Balaban J connectivity index is 2.10. The van der Waals surface area contributed by atoms with Crippen molar-refractivity contribution in [2.24, 2.45) is 0 Å². The highest BCUT2D eigenvalue weighted by molar-refractivity contribution is 6.34. The molecule has 2 rings (SSSR count). The fraction of sp³-hybridized carbons (Fsp3) is 0.235. The van der Waals surface area contributed by atoms with Crippen molar-refractivity contribution in [2.45, 2.75) is 13.0 Å². The SMILES string of the molecule is COc1cc(NC(=O)C(C)Oc2cc(Cl)ccc2Cl)cc(OC)c1. The van der Waals surface area contributed by atoms with E-state index in [0.717, 1.165) is 0 Å². The first-order valence-electron chi connectivity index (χ1n) is 7.08. The molecule has 0 heterocycles. The average molecular weight is 370 g/mol. The van der Waals surface area contributed by atoms with Gasteiger partial charge < -0.3 is 19.5 Å². The Kier molecular flexibility index (Phi) is 6.17. The van der Waals surface area contributed by atoms with Crippen LogP contribution in [0, 0.1) is 0 Å². The number of carbonyl (C=O) groups is 1. The largest absolute Gasteiger partial charge is 0.497 e. The molecule has 0 aliphatic rings. The fourth-order valence-electron chi connectivity index (χ4n) is 1.93. The highest BCUT2D eigenvalue weighted by Crippen LogP contribution is 2.29. The molecule has 0 saturated heterocycles. The van der Waals surface area contributed by atoms with Crippen LogP contribution < -0.4 is 19.5 Å². The van der Waals surface area contributed by atoms with Gasteiger partial charge in [0.2, 0.25) is 0 Å². The second-order valence-corrected chi connectivity index (χ2v) is 5.77. The Hall–Kier alpha value is -2.11. The number of methoxy groups -OCH3 is 2. The van der Waals surface area contributed by atoms with Crippen molar-refractivity contribution in [1.29, 1.82) is 0 Å². The van der Waals surface area contributed by atoms with Crippen molar-refractivity contribution in [3.8, 4) is 17.2 Å². The van der Waals surface area contributed by atoms with Gasteiger partial charge in [0.25, 0.3) is 5.91 Å². The van der Waals surface area contributed by atoms with Crippen LogP contribution >= 0.6 is 23.2 Å². The van der Waals surface area contributed by atoms with Crippen LogP contribution in [-0.2, 0) is 4.79 Å². The zero-order chi connectivity index (χ0) is 17.7. The molecule has 0 radical (unpaired) electrons. The molecule has 1 unspecified atom stereocenters. The number of amides is 1. The Morgan fingerprint density at radius 1 is 1.04 bits per heavy atom. The van der Waals surface area contributed by atoms with E-state index >= 15 is 0 Å². The summed E-state index contributed by atoms with van der Waals surface area (Å²) in [5.74, 6) is 1.13. The summed E-state index contributed by atoms with van der Waals surface area (Å²) >= 11 is 11.9. The minimum Gasteiger partial charge on any atom is -0.497 e. The van der Waals surface area contributed by atoms with E-state index in [2.05, 4.69) is 5.32 Å². The van der Waals surface area contributed by atoms with E-state index in [1.165, 1.54) is 14.2 Å². The zero-order valence-electron chi connectivity index (χ0n) is 13.4. The van der Waals surface area contributed by atoms with Crippen molar-refractivity contribution in [3.63, 3.8) is 0 Å². The molecule has 0 spiro atoms. The molecule has 1 N–H and O–H groups in total. The molecule has 5 nitrogen and oxygen atoms in total. The van der Waals surface area contributed by atoms with Gasteiger partial charge in [-0.2, -0.15) is 0 Å². The summed E-state index contributed by atoms with van der Waals surface area (Å²) in [5.41, 5.74) is 0.531. The number of ether oxygens (including phenoxy) is 3. The summed E-state index contributed by atoms with van der Waals surface area (Å²) in [6, 6.07) is 9.88. The van der Waals surface area contributed by atoms with Gasteiger partial charge >= 0.3 is 0 Å². The van der Waals surface area contributed by atoms with Crippen molar-refractivity contribution in [2.75, 3.05) is 19.5 Å². The number of carbonyl (C=O) groups excluding carboxylic acids is 1.